The number of hydrogen-bond donors (Lipinski definition) is 1. The maximum atomic E-state index is 12.8. The molecule has 1 N–H and O–H groups in total. The van der Waals surface area contributed by atoms with E-state index in [1.54, 1.807) is 18.2 Å². The van der Waals surface area contributed by atoms with Crippen LogP contribution in [0.25, 0.3) is 21.5 Å². The van der Waals surface area contributed by atoms with Gasteiger partial charge in [0.15, 0.2) is 0 Å². The molecule has 4 aromatic rings. The van der Waals surface area contributed by atoms with E-state index < -0.39 is 11.7 Å². The van der Waals surface area contributed by atoms with Gasteiger partial charge in [0, 0.05) is 34.9 Å². The van der Waals surface area contributed by atoms with Gasteiger partial charge in [0.05, 0.1) is 21.7 Å². The standard InChI is InChI=1S/C20H13ClF3N5S/c21-15-2-1-3-17-14(15)7-13(9-25)29(17)5-4-26-19-8-16(27-11-28-19)18-6-12(10-30-18)20(22,23)24/h1-3,6-8,10-11H,4-5H2,(H,26,27,28). The van der Waals surface area contributed by atoms with Crippen LogP contribution in [-0.4, -0.2) is 21.1 Å². The Morgan fingerprint density at radius 1 is 1.20 bits per heavy atom. The quantitative estimate of drug-likeness (QED) is 0.419. The average Bonchev–Trinajstić information content (AvgIpc) is 3.34. The van der Waals surface area contributed by atoms with Crippen LogP contribution in [0.15, 0.2) is 48.1 Å². The van der Waals surface area contributed by atoms with E-state index >= 15 is 0 Å². The second kappa shape index (κ2) is 7.97. The van der Waals surface area contributed by atoms with Gasteiger partial charge >= 0.3 is 6.18 Å². The lowest BCUT2D eigenvalue weighted by Gasteiger charge is -2.10. The predicted octanol–water partition coefficient (Wildman–Crippen LogP) is 5.82. The van der Waals surface area contributed by atoms with Crippen molar-refractivity contribution in [3.05, 3.63) is 64.4 Å². The van der Waals surface area contributed by atoms with Crippen molar-refractivity contribution in [1.29, 1.82) is 5.26 Å². The summed E-state index contributed by atoms with van der Waals surface area (Å²) in [5.41, 5.74) is 1.05. The van der Waals surface area contributed by atoms with E-state index in [1.807, 2.05) is 16.7 Å². The third kappa shape index (κ3) is 3.97. The molecule has 5 nitrogen and oxygen atoms in total. The molecule has 10 heteroatoms. The van der Waals surface area contributed by atoms with Crippen molar-refractivity contribution in [3.63, 3.8) is 0 Å². The predicted molar refractivity (Wildman–Crippen MR) is 110 cm³/mol. The molecule has 1 aromatic carbocycles. The molecule has 0 spiro atoms. The molecule has 0 atom stereocenters. The fourth-order valence-electron chi connectivity index (χ4n) is 3.09. The molecule has 0 aliphatic carbocycles. The molecule has 0 bridgehead atoms. The van der Waals surface area contributed by atoms with Gasteiger partial charge in [0.25, 0.3) is 0 Å². The number of nitrogens with one attached hydrogen (secondary N) is 1. The van der Waals surface area contributed by atoms with Gasteiger partial charge in [-0.05, 0) is 24.3 Å². The molecule has 3 heterocycles. The van der Waals surface area contributed by atoms with Crippen molar-refractivity contribution in [2.75, 3.05) is 11.9 Å². The highest BCUT2D eigenvalue weighted by atomic mass is 35.5. The first-order chi connectivity index (χ1) is 14.4. The van der Waals surface area contributed by atoms with Crippen LogP contribution in [0.5, 0.6) is 0 Å². The summed E-state index contributed by atoms with van der Waals surface area (Å²) in [5.74, 6) is 0.481. The number of halogens is 4. The molecule has 0 unspecified atom stereocenters. The third-order valence-corrected chi connectivity index (χ3v) is 5.78. The zero-order valence-electron chi connectivity index (χ0n) is 15.2. The first-order valence-corrected chi connectivity index (χ1v) is 10.0. The Balaban J connectivity index is 1.50. The molecule has 4 rings (SSSR count). The van der Waals surface area contributed by atoms with Gasteiger partial charge < -0.3 is 9.88 Å². The van der Waals surface area contributed by atoms with Gasteiger partial charge in [-0.3, -0.25) is 0 Å². The van der Waals surface area contributed by atoms with Gasteiger partial charge in [-0.15, -0.1) is 11.3 Å². The molecule has 0 aliphatic rings. The van der Waals surface area contributed by atoms with Crippen molar-refractivity contribution in [3.8, 4) is 16.6 Å². The largest absolute Gasteiger partial charge is 0.417 e. The minimum atomic E-state index is -4.39. The Morgan fingerprint density at radius 2 is 2.03 bits per heavy atom. The Bertz CT molecular complexity index is 1260. The summed E-state index contributed by atoms with van der Waals surface area (Å²) in [4.78, 5) is 8.60. The molecule has 0 saturated heterocycles. The number of anilines is 1. The Morgan fingerprint density at radius 3 is 2.77 bits per heavy atom. The van der Waals surface area contributed by atoms with E-state index in [0.29, 0.717) is 40.2 Å². The van der Waals surface area contributed by atoms with Crippen molar-refractivity contribution in [1.82, 2.24) is 14.5 Å². The number of nitrogens with zero attached hydrogens (tertiary/aromatic N) is 4. The lowest BCUT2D eigenvalue weighted by atomic mass is 10.2. The molecule has 30 heavy (non-hydrogen) atoms. The third-order valence-electron chi connectivity index (χ3n) is 4.49. The summed E-state index contributed by atoms with van der Waals surface area (Å²) >= 11 is 7.19. The van der Waals surface area contributed by atoms with Crippen LogP contribution in [0.1, 0.15) is 11.3 Å². The number of thiophene rings is 1. The van der Waals surface area contributed by atoms with Gasteiger partial charge in [0.2, 0.25) is 0 Å². The smallest absolute Gasteiger partial charge is 0.368 e. The second-order valence-corrected chi connectivity index (χ2v) is 7.70. The highest BCUT2D eigenvalue weighted by molar-refractivity contribution is 7.13. The van der Waals surface area contributed by atoms with Crippen LogP contribution in [-0.2, 0) is 12.7 Å². The second-order valence-electron chi connectivity index (χ2n) is 6.38. The van der Waals surface area contributed by atoms with Crippen molar-refractivity contribution >= 4 is 39.7 Å². The molecular weight excluding hydrogens is 435 g/mol. The number of hydrogen-bond acceptors (Lipinski definition) is 5. The number of nitriles is 1. The number of benzene rings is 1. The van der Waals surface area contributed by atoms with Crippen molar-refractivity contribution < 1.29 is 13.2 Å². The molecule has 0 aliphatic heterocycles. The summed E-state index contributed by atoms with van der Waals surface area (Å²) in [6.45, 7) is 0.920. The van der Waals surface area contributed by atoms with E-state index in [0.717, 1.165) is 33.7 Å². The zero-order chi connectivity index (χ0) is 21.3. The van der Waals surface area contributed by atoms with Crippen molar-refractivity contribution in [2.24, 2.45) is 0 Å². The van der Waals surface area contributed by atoms with Gasteiger partial charge in [-0.25, -0.2) is 9.97 Å². The summed E-state index contributed by atoms with van der Waals surface area (Å²) in [7, 11) is 0. The summed E-state index contributed by atoms with van der Waals surface area (Å²) in [5, 5.41) is 15.0. The van der Waals surface area contributed by atoms with Crippen LogP contribution in [0.4, 0.5) is 19.0 Å². The van der Waals surface area contributed by atoms with Gasteiger partial charge in [-0.1, -0.05) is 17.7 Å². The monoisotopic (exact) mass is 447 g/mol. The maximum Gasteiger partial charge on any atom is 0.417 e. The number of aromatic nitrogens is 3. The summed E-state index contributed by atoms with van der Waals surface area (Å²) in [6.07, 6.45) is -3.08. The first kappa shape index (κ1) is 20.2. The summed E-state index contributed by atoms with van der Waals surface area (Å²) in [6, 6.07) is 12.1. The average molecular weight is 448 g/mol. The topological polar surface area (TPSA) is 66.5 Å². The Labute approximate surface area is 178 Å². The maximum absolute atomic E-state index is 12.8. The molecule has 0 fully saturated rings. The van der Waals surface area contributed by atoms with Crippen LogP contribution in [0.2, 0.25) is 5.02 Å². The molecule has 0 amide bonds. The van der Waals surface area contributed by atoms with Crippen LogP contribution in [0, 0.1) is 11.3 Å². The minimum Gasteiger partial charge on any atom is -0.368 e. The normalized spacial score (nSPS) is 11.6. The van der Waals surface area contributed by atoms with E-state index in [1.165, 1.54) is 6.33 Å². The van der Waals surface area contributed by atoms with E-state index in [2.05, 4.69) is 21.4 Å². The fraction of sp³-hybridized carbons (Fsp3) is 0.150. The van der Waals surface area contributed by atoms with Crippen LogP contribution >= 0.6 is 22.9 Å². The molecule has 0 radical (unpaired) electrons. The van der Waals surface area contributed by atoms with Gasteiger partial charge in [-0.2, -0.15) is 18.4 Å². The van der Waals surface area contributed by atoms with Crippen LogP contribution in [0.3, 0.4) is 0 Å². The number of fused-ring (bicyclic) bond motifs is 1. The Kier molecular flexibility index (Phi) is 5.37. The molecular formula is C20H13ClF3N5S. The SMILES string of the molecule is N#Cc1cc2c(Cl)cccc2n1CCNc1cc(-c2cc(C(F)(F)F)cs2)ncn1. The summed E-state index contributed by atoms with van der Waals surface area (Å²) < 4.78 is 40.3. The lowest BCUT2D eigenvalue weighted by molar-refractivity contribution is -0.137. The number of rotatable bonds is 5. The number of alkyl halides is 3. The lowest BCUT2D eigenvalue weighted by Crippen LogP contribution is -2.12. The molecule has 0 saturated carbocycles. The first-order valence-electron chi connectivity index (χ1n) is 8.76. The highest BCUT2D eigenvalue weighted by Gasteiger charge is 2.31. The minimum absolute atomic E-state index is 0.406. The molecule has 152 valence electrons. The van der Waals surface area contributed by atoms with E-state index in [-0.39, 0.29) is 0 Å². The van der Waals surface area contributed by atoms with E-state index in [4.69, 9.17) is 11.6 Å². The van der Waals surface area contributed by atoms with E-state index in [9.17, 15) is 18.4 Å². The fourth-order valence-corrected chi connectivity index (χ4v) is 4.19. The highest BCUT2D eigenvalue weighted by Crippen LogP contribution is 2.36. The zero-order valence-corrected chi connectivity index (χ0v) is 16.8. The molecule has 3 aromatic heterocycles. The van der Waals surface area contributed by atoms with Crippen molar-refractivity contribution in [2.45, 2.75) is 12.7 Å². The van der Waals surface area contributed by atoms with Crippen LogP contribution < -0.4 is 5.32 Å². The van der Waals surface area contributed by atoms with Gasteiger partial charge in [0.1, 0.15) is 23.9 Å². The Hall–Kier alpha value is -3.09.